The fourth-order valence-corrected chi connectivity index (χ4v) is 7.19. The largest absolute Gasteiger partial charge is 0.377 e. The predicted octanol–water partition coefficient (Wildman–Crippen LogP) is 5.44. The summed E-state index contributed by atoms with van der Waals surface area (Å²) in [6, 6.07) is 13.3. The molecule has 1 N–H and O–H groups in total. The van der Waals surface area contributed by atoms with Crippen molar-refractivity contribution in [1.29, 1.82) is 0 Å². The molecule has 2 aliphatic rings. The number of hydrogen-bond acceptors (Lipinski definition) is 9. The highest BCUT2D eigenvalue weighted by atomic mass is 32.2. The first-order valence-electron chi connectivity index (χ1n) is 14.2. The molecule has 1 saturated heterocycles. The highest BCUT2D eigenvalue weighted by Gasteiger charge is 2.58. The number of nitrogens with zero attached hydrogens (tertiary/aromatic N) is 3. The summed E-state index contributed by atoms with van der Waals surface area (Å²) in [5, 5.41) is 3.20. The zero-order chi connectivity index (χ0) is 30.1. The molecule has 0 amide bonds. The summed E-state index contributed by atoms with van der Waals surface area (Å²) in [5.74, 6) is 0.500. The van der Waals surface area contributed by atoms with Crippen molar-refractivity contribution in [2.75, 3.05) is 43.5 Å². The molecule has 1 aromatic heterocycles. The second-order valence-corrected chi connectivity index (χ2v) is 14.2. The van der Waals surface area contributed by atoms with Gasteiger partial charge in [-0.15, -0.1) is 0 Å². The molecule has 1 aliphatic carbocycles. The maximum Gasteiger partial charge on any atom is 0.190 e. The van der Waals surface area contributed by atoms with Crippen LogP contribution in [0.1, 0.15) is 51.8 Å². The summed E-state index contributed by atoms with van der Waals surface area (Å²) in [7, 11) is -3.93. The Hall–Kier alpha value is -3.12. The van der Waals surface area contributed by atoms with E-state index >= 15 is 0 Å². The van der Waals surface area contributed by atoms with E-state index in [4.69, 9.17) is 24.2 Å². The SMILES string of the molecule is Cc1ccc(F)cc1S(=O)(=O)C1(c2cc(N3CCOC[C@@H]3C)nc(-c3ccc(NCOCOC(C)(C)C)cc3)n2)CC1. The van der Waals surface area contributed by atoms with E-state index in [0.717, 1.165) is 17.3 Å². The van der Waals surface area contributed by atoms with E-state index in [1.165, 1.54) is 12.1 Å². The Morgan fingerprint density at radius 1 is 1.12 bits per heavy atom. The van der Waals surface area contributed by atoms with Gasteiger partial charge in [-0.1, -0.05) is 6.07 Å². The minimum absolute atomic E-state index is 0.00648. The van der Waals surface area contributed by atoms with E-state index < -0.39 is 20.4 Å². The number of hydrogen-bond donors (Lipinski definition) is 1. The summed E-state index contributed by atoms with van der Waals surface area (Å²) in [4.78, 5) is 11.9. The first kappa shape index (κ1) is 30.3. The van der Waals surface area contributed by atoms with Crippen molar-refractivity contribution < 1.29 is 27.0 Å². The first-order chi connectivity index (χ1) is 19.9. The highest BCUT2D eigenvalue weighted by molar-refractivity contribution is 7.92. The third kappa shape index (κ3) is 6.44. The summed E-state index contributed by atoms with van der Waals surface area (Å²) in [6.07, 6.45) is 0.809. The smallest absolute Gasteiger partial charge is 0.190 e. The van der Waals surface area contributed by atoms with Crippen LogP contribution in [0, 0.1) is 12.7 Å². The number of morpholine rings is 1. The molecular weight excluding hydrogens is 559 g/mol. The van der Waals surface area contributed by atoms with Gasteiger partial charge in [0.1, 0.15) is 29.9 Å². The normalized spacial score (nSPS) is 18.6. The van der Waals surface area contributed by atoms with Crippen LogP contribution in [-0.4, -0.2) is 63.3 Å². The molecule has 0 bridgehead atoms. The Balaban J connectivity index is 1.46. The minimum Gasteiger partial charge on any atom is -0.377 e. The molecule has 0 spiro atoms. The molecule has 3 aromatic rings. The van der Waals surface area contributed by atoms with Crippen molar-refractivity contribution in [3.63, 3.8) is 0 Å². The van der Waals surface area contributed by atoms with Gasteiger partial charge in [0.05, 0.1) is 35.4 Å². The summed E-state index contributed by atoms with van der Waals surface area (Å²) in [6.45, 7) is 11.8. The summed E-state index contributed by atoms with van der Waals surface area (Å²) in [5.41, 5.74) is 2.25. The second-order valence-electron chi connectivity index (χ2n) is 11.9. The van der Waals surface area contributed by atoms with Crippen molar-refractivity contribution in [2.45, 2.75) is 68.7 Å². The molecular formula is C31H39FN4O5S. The average molecular weight is 599 g/mol. The van der Waals surface area contributed by atoms with E-state index in [0.29, 0.717) is 55.5 Å². The van der Waals surface area contributed by atoms with Gasteiger partial charge in [0, 0.05) is 23.9 Å². The van der Waals surface area contributed by atoms with Gasteiger partial charge < -0.3 is 24.4 Å². The Morgan fingerprint density at radius 3 is 2.52 bits per heavy atom. The maximum absolute atomic E-state index is 14.2. The lowest BCUT2D eigenvalue weighted by molar-refractivity contribution is -0.116. The number of aryl methyl sites for hydroxylation is 1. The third-order valence-electron chi connectivity index (χ3n) is 7.60. The van der Waals surface area contributed by atoms with Crippen LogP contribution in [0.15, 0.2) is 53.4 Å². The minimum atomic E-state index is -3.93. The van der Waals surface area contributed by atoms with Crippen LogP contribution in [0.5, 0.6) is 0 Å². The zero-order valence-electron chi connectivity index (χ0n) is 24.8. The Bertz CT molecular complexity index is 1520. The van der Waals surface area contributed by atoms with Crippen molar-refractivity contribution in [3.05, 3.63) is 65.6 Å². The monoisotopic (exact) mass is 598 g/mol. The van der Waals surface area contributed by atoms with E-state index in [1.54, 1.807) is 13.0 Å². The van der Waals surface area contributed by atoms with Gasteiger partial charge in [0.2, 0.25) is 0 Å². The van der Waals surface area contributed by atoms with Crippen LogP contribution >= 0.6 is 0 Å². The second kappa shape index (κ2) is 11.9. The first-order valence-corrected chi connectivity index (χ1v) is 15.7. The van der Waals surface area contributed by atoms with Gasteiger partial charge in [0.25, 0.3) is 0 Å². The van der Waals surface area contributed by atoms with Crippen molar-refractivity contribution in [3.8, 4) is 11.4 Å². The van der Waals surface area contributed by atoms with E-state index in [2.05, 4.69) is 17.1 Å². The number of sulfone groups is 1. The van der Waals surface area contributed by atoms with Gasteiger partial charge in [-0.05, 0) is 89.4 Å². The molecule has 1 atom stereocenters. The number of aromatic nitrogens is 2. The van der Waals surface area contributed by atoms with Gasteiger partial charge in [-0.2, -0.15) is 0 Å². The highest BCUT2D eigenvalue weighted by Crippen LogP contribution is 2.55. The maximum atomic E-state index is 14.2. The number of nitrogens with one attached hydrogen (secondary N) is 1. The van der Waals surface area contributed by atoms with Gasteiger partial charge in [-0.25, -0.2) is 22.8 Å². The van der Waals surface area contributed by atoms with E-state index in [9.17, 15) is 12.8 Å². The quantitative estimate of drug-likeness (QED) is 0.241. The lowest BCUT2D eigenvalue weighted by Gasteiger charge is -2.34. The molecule has 226 valence electrons. The summed E-state index contributed by atoms with van der Waals surface area (Å²) >= 11 is 0. The fourth-order valence-electron chi connectivity index (χ4n) is 4.99. The van der Waals surface area contributed by atoms with Gasteiger partial charge >= 0.3 is 0 Å². The number of rotatable bonds is 10. The number of ether oxygens (including phenoxy) is 3. The fraction of sp³-hybridized carbons (Fsp3) is 0.484. The molecule has 1 aliphatic heterocycles. The molecule has 42 heavy (non-hydrogen) atoms. The molecule has 1 saturated carbocycles. The Kier molecular flexibility index (Phi) is 8.58. The molecule has 11 heteroatoms. The van der Waals surface area contributed by atoms with Crippen molar-refractivity contribution in [2.24, 2.45) is 0 Å². The lowest BCUT2D eigenvalue weighted by Crippen LogP contribution is -2.44. The Morgan fingerprint density at radius 2 is 1.86 bits per heavy atom. The molecule has 9 nitrogen and oxygen atoms in total. The third-order valence-corrected chi connectivity index (χ3v) is 10.3. The molecule has 0 unspecified atom stereocenters. The van der Waals surface area contributed by atoms with Crippen molar-refractivity contribution in [1.82, 2.24) is 9.97 Å². The molecule has 5 rings (SSSR count). The zero-order valence-corrected chi connectivity index (χ0v) is 25.6. The molecule has 0 radical (unpaired) electrons. The van der Waals surface area contributed by atoms with Crippen LogP contribution < -0.4 is 10.2 Å². The number of benzene rings is 2. The number of halogens is 1. The topological polar surface area (TPSA) is 103 Å². The molecule has 2 heterocycles. The predicted molar refractivity (Wildman–Crippen MR) is 160 cm³/mol. The average Bonchev–Trinajstić information content (AvgIpc) is 3.77. The van der Waals surface area contributed by atoms with Crippen LogP contribution in [-0.2, 0) is 28.8 Å². The van der Waals surface area contributed by atoms with Crippen molar-refractivity contribution >= 4 is 21.3 Å². The van der Waals surface area contributed by atoms with Gasteiger partial charge in [-0.3, -0.25) is 0 Å². The van der Waals surface area contributed by atoms with E-state index in [1.807, 2.05) is 45.0 Å². The van der Waals surface area contributed by atoms with Crippen LogP contribution in [0.2, 0.25) is 0 Å². The van der Waals surface area contributed by atoms with Crippen LogP contribution in [0.25, 0.3) is 11.4 Å². The van der Waals surface area contributed by atoms with Crippen LogP contribution in [0.3, 0.4) is 0 Å². The van der Waals surface area contributed by atoms with Gasteiger partial charge in [0.15, 0.2) is 15.7 Å². The van der Waals surface area contributed by atoms with E-state index in [-0.39, 0.29) is 30.1 Å². The molecule has 2 fully saturated rings. The van der Waals surface area contributed by atoms with Crippen LogP contribution in [0.4, 0.5) is 15.9 Å². The molecule has 2 aromatic carbocycles. The number of anilines is 2. The lowest BCUT2D eigenvalue weighted by atomic mass is 10.1. The Labute approximate surface area is 247 Å². The summed E-state index contributed by atoms with van der Waals surface area (Å²) < 4.78 is 57.8. The standard InChI is InChI=1S/C31H39FN4O5S/c1-21-6-9-24(32)16-26(21)42(37,38)31(12-13-31)27-17-28(36-14-15-39-18-22(36)2)35-29(34-27)23-7-10-25(11-8-23)33-19-40-20-41-30(3,4)5/h6-11,16-17,22,33H,12-15,18-20H2,1-5H3/t22-/m0/s1.